The third-order valence-electron chi connectivity index (χ3n) is 3.89. The first kappa shape index (κ1) is 9.17. The van der Waals surface area contributed by atoms with Crippen molar-refractivity contribution in [3.8, 4) is 0 Å². The Morgan fingerprint density at radius 3 is 2.53 bits per heavy atom. The summed E-state index contributed by atoms with van der Waals surface area (Å²) < 4.78 is 0. The molecule has 0 amide bonds. The van der Waals surface area contributed by atoms with Crippen molar-refractivity contribution in [3.63, 3.8) is 0 Å². The first-order chi connectivity index (χ1) is 8.43. The standard InChI is InChI=1S/C16H13N/c1-2-6-11(7-3-1)15-14-10-12-8-4-5-9-13(12)16(14)17-15/h1-9,14,16H,10H2/t14-,16-/m0/s1. The second-order valence-corrected chi connectivity index (χ2v) is 4.83. The highest BCUT2D eigenvalue weighted by atomic mass is 14.9. The molecule has 0 saturated carbocycles. The smallest absolute Gasteiger partial charge is 0.0842 e. The summed E-state index contributed by atoms with van der Waals surface area (Å²) in [7, 11) is 0. The number of benzene rings is 2. The molecule has 1 heteroatoms. The highest BCUT2D eigenvalue weighted by Gasteiger charge is 2.42. The van der Waals surface area contributed by atoms with Crippen molar-refractivity contribution in [2.45, 2.75) is 12.5 Å². The number of hydrogen-bond acceptors (Lipinski definition) is 1. The van der Waals surface area contributed by atoms with Gasteiger partial charge in [-0.2, -0.15) is 0 Å². The van der Waals surface area contributed by atoms with Gasteiger partial charge in [0.25, 0.3) is 0 Å². The van der Waals surface area contributed by atoms with Crippen LogP contribution in [-0.4, -0.2) is 5.71 Å². The summed E-state index contributed by atoms with van der Waals surface area (Å²) in [5.74, 6) is 0.620. The topological polar surface area (TPSA) is 12.4 Å². The van der Waals surface area contributed by atoms with Gasteiger partial charge in [0, 0.05) is 11.6 Å². The van der Waals surface area contributed by atoms with Crippen molar-refractivity contribution in [2.75, 3.05) is 0 Å². The summed E-state index contributed by atoms with van der Waals surface area (Å²) in [6.07, 6.45) is 1.16. The predicted octanol–water partition coefficient (Wildman–Crippen LogP) is 3.40. The zero-order valence-corrected chi connectivity index (χ0v) is 9.51. The van der Waals surface area contributed by atoms with Crippen LogP contribution in [0.3, 0.4) is 0 Å². The van der Waals surface area contributed by atoms with Gasteiger partial charge in [-0.25, -0.2) is 0 Å². The minimum atomic E-state index is 0.432. The van der Waals surface area contributed by atoms with E-state index in [4.69, 9.17) is 4.99 Å². The maximum Gasteiger partial charge on any atom is 0.0842 e. The molecule has 1 nitrogen and oxygen atoms in total. The van der Waals surface area contributed by atoms with Crippen LogP contribution in [0.2, 0.25) is 0 Å². The average molecular weight is 219 g/mol. The molecule has 0 aromatic heterocycles. The fourth-order valence-electron chi connectivity index (χ4n) is 3.04. The molecule has 1 aliphatic heterocycles. The van der Waals surface area contributed by atoms with Crippen LogP contribution in [0.15, 0.2) is 59.6 Å². The van der Waals surface area contributed by atoms with E-state index in [1.807, 2.05) is 0 Å². The van der Waals surface area contributed by atoms with E-state index in [1.165, 1.54) is 22.4 Å². The first-order valence-electron chi connectivity index (χ1n) is 6.14. The molecule has 2 aromatic rings. The molecule has 2 aromatic carbocycles. The van der Waals surface area contributed by atoms with E-state index < -0.39 is 0 Å². The van der Waals surface area contributed by atoms with Gasteiger partial charge < -0.3 is 0 Å². The molecule has 0 fully saturated rings. The van der Waals surface area contributed by atoms with Crippen LogP contribution in [0.4, 0.5) is 0 Å². The minimum absolute atomic E-state index is 0.432. The minimum Gasteiger partial charge on any atom is -0.280 e. The number of rotatable bonds is 1. The van der Waals surface area contributed by atoms with Gasteiger partial charge in [-0.05, 0) is 23.1 Å². The van der Waals surface area contributed by atoms with E-state index in [-0.39, 0.29) is 0 Å². The third-order valence-corrected chi connectivity index (χ3v) is 3.89. The second kappa shape index (κ2) is 3.30. The van der Waals surface area contributed by atoms with E-state index in [1.54, 1.807) is 0 Å². The molecule has 2 aliphatic rings. The molecule has 0 N–H and O–H groups in total. The van der Waals surface area contributed by atoms with Gasteiger partial charge in [0.1, 0.15) is 0 Å². The van der Waals surface area contributed by atoms with Crippen molar-refractivity contribution in [3.05, 3.63) is 71.3 Å². The highest BCUT2D eigenvalue weighted by Crippen LogP contribution is 2.47. The Kier molecular flexibility index (Phi) is 1.78. The van der Waals surface area contributed by atoms with Crippen LogP contribution in [0.25, 0.3) is 0 Å². The molecule has 0 unspecified atom stereocenters. The lowest BCUT2D eigenvalue weighted by atomic mass is 9.85. The van der Waals surface area contributed by atoms with E-state index in [0.29, 0.717) is 12.0 Å². The Morgan fingerprint density at radius 1 is 0.882 bits per heavy atom. The third kappa shape index (κ3) is 1.22. The zero-order valence-electron chi connectivity index (χ0n) is 9.51. The quantitative estimate of drug-likeness (QED) is 0.697. The van der Waals surface area contributed by atoms with Crippen LogP contribution < -0.4 is 0 Å². The largest absolute Gasteiger partial charge is 0.280 e. The highest BCUT2D eigenvalue weighted by molar-refractivity contribution is 6.07. The Morgan fingerprint density at radius 2 is 1.65 bits per heavy atom. The van der Waals surface area contributed by atoms with Crippen molar-refractivity contribution in [2.24, 2.45) is 10.9 Å². The van der Waals surface area contributed by atoms with Gasteiger partial charge in [0.15, 0.2) is 0 Å². The fraction of sp³-hybridized carbons (Fsp3) is 0.188. The number of nitrogens with zero attached hydrogens (tertiary/aromatic N) is 1. The number of hydrogen-bond donors (Lipinski definition) is 0. The molecule has 0 spiro atoms. The summed E-state index contributed by atoms with van der Waals surface area (Å²) in [6, 6.07) is 19.7. The zero-order chi connectivity index (χ0) is 11.2. The summed E-state index contributed by atoms with van der Waals surface area (Å²) in [6.45, 7) is 0. The van der Waals surface area contributed by atoms with Gasteiger partial charge in [-0.1, -0.05) is 54.6 Å². The summed E-state index contributed by atoms with van der Waals surface area (Å²) in [5, 5.41) is 0. The van der Waals surface area contributed by atoms with Crippen molar-refractivity contribution in [1.82, 2.24) is 0 Å². The predicted molar refractivity (Wildman–Crippen MR) is 69.4 cm³/mol. The summed E-state index contributed by atoms with van der Waals surface area (Å²) >= 11 is 0. The van der Waals surface area contributed by atoms with Gasteiger partial charge in [-0.3, -0.25) is 4.99 Å². The lowest BCUT2D eigenvalue weighted by Crippen LogP contribution is -2.29. The van der Waals surface area contributed by atoms with Gasteiger partial charge in [-0.15, -0.1) is 0 Å². The maximum absolute atomic E-state index is 4.81. The van der Waals surface area contributed by atoms with E-state index >= 15 is 0 Å². The first-order valence-corrected chi connectivity index (χ1v) is 6.14. The summed E-state index contributed by atoms with van der Waals surface area (Å²) in [5.41, 5.74) is 5.52. The molecule has 82 valence electrons. The SMILES string of the molecule is c1ccc(C2=N[C@H]3c4ccccc4C[C@@H]23)cc1. The van der Waals surface area contributed by atoms with E-state index in [9.17, 15) is 0 Å². The number of fused-ring (bicyclic) bond motifs is 3. The Bertz CT molecular complexity index is 598. The maximum atomic E-state index is 4.81. The monoisotopic (exact) mass is 219 g/mol. The molecular formula is C16H13N. The normalized spacial score (nSPS) is 24.6. The fourth-order valence-corrected chi connectivity index (χ4v) is 3.04. The van der Waals surface area contributed by atoms with Crippen molar-refractivity contribution < 1.29 is 0 Å². The molecule has 2 atom stereocenters. The van der Waals surface area contributed by atoms with Gasteiger partial charge in [0.2, 0.25) is 0 Å². The van der Waals surface area contributed by atoms with E-state index in [2.05, 4.69) is 54.6 Å². The Balaban J connectivity index is 1.73. The van der Waals surface area contributed by atoms with Gasteiger partial charge >= 0.3 is 0 Å². The molecule has 0 bridgehead atoms. The van der Waals surface area contributed by atoms with Crippen molar-refractivity contribution in [1.29, 1.82) is 0 Å². The molecule has 0 saturated heterocycles. The number of aliphatic imine (C=N–C) groups is 1. The average Bonchev–Trinajstić information content (AvgIpc) is 2.64. The molecule has 17 heavy (non-hydrogen) atoms. The lowest BCUT2D eigenvalue weighted by molar-refractivity contribution is 0.541. The van der Waals surface area contributed by atoms with Crippen LogP contribution in [0, 0.1) is 5.92 Å². The van der Waals surface area contributed by atoms with Gasteiger partial charge in [0.05, 0.1) is 6.04 Å². The van der Waals surface area contributed by atoms with Crippen LogP contribution in [-0.2, 0) is 6.42 Å². The Hall–Kier alpha value is -1.89. The van der Waals surface area contributed by atoms with Crippen LogP contribution >= 0.6 is 0 Å². The molecular weight excluding hydrogens is 206 g/mol. The molecule has 1 heterocycles. The second-order valence-electron chi connectivity index (χ2n) is 4.83. The molecule has 4 rings (SSSR count). The van der Waals surface area contributed by atoms with Crippen LogP contribution in [0.1, 0.15) is 22.7 Å². The Labute approximate surface area is 101 Å². The van der Waals surface area contributed by atoms with Crippen LogP contribution in [0.5, 0.6) is 0 Å². The van der Waals surface area contributed by atoms with Crippen molar-refractivity contribution >= 4 is 5.71 Å². The lowest BCUT2D eigenvalue weighted by Gasteiger charge is -2.29. The molecule has 0 radical (unpaired) electrons. The molecule has 1 aliphatic carbocycles. The summed E-state index contributed by atoms with van der Waals surface area (Å²) in [4.78, 5) is 4.81. The van der Waals surface area contributed by atoms with E-state index in [0.717, 1.165) is 6.42 Å².